The predicted molar refractivity (Wildman–Crippen MR) is 138 cm³/mol. The lowest BCUT2D eigenvalue weighted by Gasteiger charge is -2.19. The standard InChI is InChI=1S/C28H55NO3/c1-3-5-7-8-9-10-11-12-13-14-15-16-17-18-19-20-21-22-23-27(31)26(25-30)29-28(32)24-6-4-2/h22-23,26-27,30-31H,3-21,24-25H2,1-2H3,(H,29,32)/b23-22+. The molecule has 0 heterocycles. The highest BCUT2D eigenvalue weighted by molar-refractivity contribution is 5.76. The topological polar surface area (TPSA) is 69.6 Å². The van der Waals surface area contributed by atoms with Crippen LogP contribution in [0, 0.1) is 0 Å². The van der Waals surface area contributed by atoms with Gasteiger partial charge in [-0.1, -0.05) is 129 Å². The Morgan fingerprint density at radius 2 is 1.16 bits per heavy atom. The van der Waals surface area contributed by atoms with E-state index in [1.165, 1.54) is 96.3 Å². The zero-order chi connectivity index (χ0) is 23.7. The first kappa shape index (κ1) is 31.1. The lowest BCUT2D eigenvalue weighted by molar-refractivity contribution is -0.123. The van der Waals surface area contributed by atoms with E-state index in [4.69, 9.17) is 0 Å². The minimum atomic E-state index is -0.827. The molecule has 190 valence electrons. The van der Waals surface area contributed by atoms with Crippen LogP contribution in [0.25, 0.3) is 0 Å². The SMILES string of the molecule is CCCCCCCCCCCCCCCCCC/C=C/C(O)C(CO)NC(=O)CCCC. The number of carbonyl (C=O) groups is 1. The van der Waals surface area contributed by atoms with Gasteiger partial charge >= 0.3 is 0 Å². The first-order valence-electron chi connectivity index (χ1n) is 13.9. The normalized spacial score (nSPS) is 13.5. The van der Waals surface area contributed by atoms with Crippen LogP contribution in [0.3, 0.4) is 0 Å². The Morgan fingerprint density at radius 1 is 0.719 bits per heavy atom. The van der Waals surface area contributed by atoms with E-state index in [-0.39, 0.29) is 12.5 Å². The van der Waals surface area contributed by atoms with Gasteiger partial charge in [0.05, 0.1) is 18.8 Å². The minimum Gasteiger partial charge on any atom is -0.394 e. The van der Waals surface area contributed by atoms with Crippen LogP contribution < -0.4 is 5.32 Å². The summed E-state index contributed by atoms with van der Waals surface area (Å²) in [7, 11) is 0. The average molecular weight is 454 g/mol. The van der Waals surface area contributed by atoms with Gasteiger partial charge in [-0.05, 0) is 19.3 Å². The van der Waals surface area contributed by atoms with E-state index in [1.807, 2.05) is 13.0 Å². The molecule has 0 spiro atoms. The second kappa shape index (κ2) is 24.8. The van der Waals surface area contributed by atoms with Gasteiger partial charge in [0.2, 0.25) is 5.91 Å². The average Bonchev–Trinajstić information content (AvgIpc) is 2.80. The fourth-order valence-corrected chi connectivity index (χ4v) is 4.04. The molecule has 0 saturated carbocycles. The van der Waals surface area contributed by atoms with Gasteiger partial charge in [0.25, 0.3) is 0 Å². The molecular formula is C28H55NO3. The predicted octanol–water partition coefficient (Wildman–Crippen LogP) is 7.22. The van der Waals surface area contributed by atoms with Crippen molar-refractivity contribution < 1.29 is 15.0 Å². The summed E-state index contributed by atoms with van der Waals surface area (Å²) >= 11 is 0. The van der Waals surface area contributed by atoms with Crippen LogP contribution in [0.15, 0.2) is 12.2 Å². The third kappa shape index (κ3) is 21.0. The van der Waals surface area contributed by atoms with Crippen molar-refractivity contribution in [3.05, 3.63) is 12.2 Å². The van der Waals surface area contributed by atoms with Gasteiger partial charge in [0, 0.05) is 6.42 Å². The third-order valence-electron chi connectivity index (χ3n) is 6.27. The van der Waals surface area contributed by atoms with Crippen molar-refractivity contribution >= 4 is 5.91 Å². The molecule has 0 radical (unpaired) electrons. The van der Waals surface area contributed by atoms with Crippen LogP contribution in [-0.2, 0) is 4.79 Å². The van der Waals surface area contributed by atoms with E-state index in [0.29, 0.717) is 6.42 Å². The van der Waals surface area contributed by atoms with Crippen LogP contribution >= 0.6 is 0 Å². The molecule has 3 N–H and O–H groups in total. The van der Waals surface area contributed by atoms with Gasteiger partial charge in [-0.3, -0.25) is 4.79 Å². The van der Waals surface area contributed by atoms with E-state index in [2.05, 4.69) is 12.2 Å². The van der Waals surface area contributed by atoms with E-state index in [0.717, 1.165) is 25.7 Å². The number of amides is 1. The molecule has 0 fully saturated rings. The number of rotatable bonds is 24. The Hall–Kier alpha value is -0.870. The molecule has 2 unspecified atom stereocenters. The molecule has 0 aromatic heterocycles. The van der Waals surface area contributed by atoms with Crippen LogP contribution in [0.4, 0.5) is 0 Å². The highest BCUT2D eigenvalue weighted by Gasteiger charge is 2.17. The van der Waals surface area contributed by atoms with E-state index >= 15 is 0 Å². The number of allylic oxidation sites excluding steroid dienone is 1. The van der Waals surface area contributed by atoms with E-state index < -0.39 is 12.1 Å². The molecule has 4 heteroatoms. The molecule has 4 nitrogen and oxygen atoms in total. The zero-order valence-corrected chi connectivity index (χ0v) is 21.5. The quantitative estimate of drug-likeness (QED) is 0.107. The lowest BCUT2D eigenvalue weighted by Crippen LogP contribution is -2.45. The smallest absolute Gasteiger partial charge is 0.220 e. The maximum absolute atomic E-state index is 11.8. The Morgan fingerprint density at radius 3 is 1.59 bits per heavy atom. The van der Waals surface area contributed by atoms with Gasteiger partial charge in [-0.15, -0.1) is 0 Å². The Balaban J connectivity index is 3.48. The lowest BCUT2D eigenvalue weighted by atomic mass is 10.0. The number of nitrogens with one attached hydrogen (secondary N) is 1. The van der Waals surface area contributed by atoms with Gasteiger partial charge in [-0.25, -0.2) is 0 Å². The van der Waals surface area contributed by atoms with E-state index in [9.17, 15) is 15.0 Å². The van der Waals surface area contributed by atoms with Gasteiger partial charge in [0.15, 0.2) is 0 Å². The van der Waals surface area contributed by atoms with Gasteiger partial charge < -0.3 is 15.5 Å². The number of aliphatic hydroxyl groups is 2. The summed E-state index contributed by atoms with van der Waals surface area (Å²) in [5.41, 5.74) is 0. The van der Waals surface area contributed by atoms with Crippen molar-refractivity contribution in [3.8, 4) is 0 Å². The summed E-state index contributed by atoms with van der Waals surface area (Å²) in [5, 5.41) is 22.3. The summed E-state index contributed by atoms with van der Waals surface area (Å²) in [4.78, 5) is 11.8. The number of hydrogen-bond donors (Lipinski definition) is 3. The monoisotopic (exact) mass is 453 g/mol. The molecule has 1 amide bonds. The molecule has 0 aliphatic heterocycles. The molecule has 0 bridgehead atoms. The second-order valence-electron chi connectivity index (χ2n) is 9.47. The number of carbonyl (C=O) groups excluding carboxylic acids is 1. The number of unbranched alkanes of at least 4 members (excludes halogenated alkanes) is 17. The molecule has 2 atom stereocenters. The molecule has 0 aliphatic carbocycles. The summed E-state index contributed by atoms with van der Waals surface area (Å²) in [6.45, 7) is 4.07. The Labute approximate surface area is 199 Å². The largest absolute Gasteiger partial charge is 0.394 e. The minimum absolute atomic E-state index is 0.101. The summed E-state index contributed by atoms with van der Waals surface area (Å²) < 4.78 is 0. The van der Waals surface area contributed by atoms with Crippen molar-refractivity contribution in [2.45, 2.75) is 154 Å². The van der Waals surface area contributed by atoms with Crippen LogP contribution in [-0.4, -0.2) is 34.9 Å². The molecule has 0 aromatic carbocycles. The fraction of sp³-hybridized carbons (Fsp3) is 0.893. The summed E-state index contributed by atoms with van der Waals surface area (Å²) in [5.74, 6) is -0.101. The van der Waals surface area contributed by atoms with Crippen LogP contribution in [0.1, 0.15) is 142 Å². The molecule has 0 aromatic rings. The molecule has 0 aliphatic rings. The van der Waals surface area contributed by atoms with E-state index in [1.54, 1.807) is 6.08 Å². The first-order chi connectivity index (χ1) is 15.7. The molecular weight excluding hydrogens is 398 g/mol. The molecule has 0 rings (SSSR count). The first-order valence-corrected chi connectivity index (χ1v) is 13.9. The zero-order valence-electron chi connectivity index (χ0n) is 21.5. The highest BCUT2D eigenvalue weighted by Crippen LogP contribution is 2.14. The van der Waals surface area contributed by atoms with Gasteiger partial charge in [0.1, 0.15) is 0 Å². The van der Waals surface area contributed by atoms with Crippen LogP contribution in [0.5, 0.6) is 0 Å². The third-order valence-corrected chi connectivity index (χ3v) is 6.27. The summed E-state index contributed by atoms with van der Waals surface area (Å²) in [6.07, 6.45) is 27.9. The van der Waals surface area contributed by atoms with Crippen LogP contribution in [0.2, 0.25) is 0 Å². The fourth-order valence-electron chi connectivity index (χ4n) is 4.04. The van der Waals surface area contributed by atoms with Crippen molar-refractivity contribution in [1.82, 2.24) is 5.32 Å². The van der Waals surface area contributed by atoms with Crippen molar-refractivity contribution in [3.63, 3.8) is 0 Å². The highest BCUT2D eigenvalue weighted by atomic mass is 16.3. The second-order valence-corrected chi connectivity index (χ2v) is 9.47. The van der Waals surface area contributed by atoms with Crippen molar-refractivity contribution in [2.24, 2.45) is 0 Å². The van der Waals surface area contributed by atoms with Crippen molar-refractivity contribution in [1.29, 1.82) is 0 Å². The Kier molecular flexibility index (Phi) is 24.1. The van der Waals surface area contributed by atoms with Crippen molar-refractivity contribution in [2.75, 3.05) is 6.61 Å². The number of hydrogen-bond acceptors (Lipinski definition) is 3. The van der Waals surface area contributed by atoms with Gasteiger partial charge in [-0.2, -0.15) is 0 Å². The number of aliphatic hydroxyl groups excluding tert-OH is 2. The Bertz CT molecular complexity index is 425. The summed E-state index contributed by atoms with van der Waals surface area (Å²) in [6, 6.07) is -0.610. The maximum atomic E-state index is 11.8. The maximum Gasteiger partial charge on any atom is 0.220 e. The molecule has 0 saturated heterocycles. The molecule has 32 heavy (non-hydrogen) atoms.